The van der Waals surface area contributed by atoms with Crippen molar-refractivity contribution < 1.29 is 38.9 Å². The minimum absolute atomic E-state index is 0.109. The number of carbonyl (C=O) groups is 3. The number of carbonyl (C=O) groups excluding carboxylic acids is 3. The molecule has 2 rings (SSSR count). The molecule has 10 nitrogen and oxygen atoms in total. The fourth-order valence-corrected chi connectivity index (χ4v) is 2.92. The number of Topliss-reactive ketones (excluding diaryl/α,β-unsaturated/α-hetero) is 1. The second-order valence-corrected chi connectivity index (χ2v) is 6.77. The van der Waals surface area contributed by atoms with Gasteiger partial charge in [0.25, 0.3) is 5.91 Å². The Bertz CT molecular complexity index is 1000. The standard InChI is InChI=1S/C23H26N2O8/c1-4-32-20(11-12-21(28)25-30)22(16-7-10-19(31-3)18(27)13-16)33-23(29)24-17-8-5-15(6-9-17)14(2)26/h5-13,20,22,27,30H,4H2,1-3H3,(H,24,29)(H,25,28)/b12-11+/t20-,22-/m1/s1. The molecule has 33 heavy (non-hydrogen) atoms. The van der Waals surface area contributed by atoms with Crippen LogP contribution in [0.5, 0.6) is 11.5 Å². The van der Waals surface area contributed by atoms with Gasteiger partial charge in [0.2, 0.25) is 0 Å². The van der Waals surface area contributed by atoms with Crippen LogP contribution in [0.15, 0.2) is 54.6 Å². The first-order chi connectivity index (χ1) is 15.8. The average molecular weight is 458 g/mol. The van der Waals surface area contributed by atoms with Gasteiger partial charge < -0.3 is 19.3 Å². The highest BCUT2D eigenvalue weighted by Gasteiger charge is 2.27. The second kappa shape index (κ2) is 12.2. The van der Waals surface area contributed by atoms with Gasteiger partial charge in [0.15, 0.2) is 23.4 Å². The molecular formula is C23H26N2O8. The molecule has 10 heteroatoms. The van der Waals surface area contributed by atoms with E-state index in [4.69, 9.17) is 19.4 Å². The van der Waals surface area contributed by atoms with Crippen molar-refractivity contribution in [2.24, 2.45) is 0 Å². The molecule has 0 fully saturated rings. The highest BCUT2D eigenvalue weighted by molar-refractivity contribution is 5.95. The molecule has 2 aromatic carbocycles. The number of phenolic OH excluding ortho intramolecular Hbond substituents is 1. The first-order valence-electron chi connectivity index (χ1n) is 9.98. The summed E-state index contributed by atoms with van der Waals surface area (Å²) in [6.45, 7) is 3.36. The van der Waals surface area contributed by atoms with E-state index in [0.29, 0.717) is 16.8 Å². The summed E-state index contributed by atoms with van der Waals surface area (Å²) >= 11 is 0. The molecule has 0 spiro atoms. The number of ether oxygens (including phenoxy) is 3. The number of nitrogens with one attached hydrogen (secondary N) is 2. The van der Waals surface area contributed by atoms with Crippen molar-refractivity contribution in [2.75, 3.05) is 19.0 Å². The van der Waals surface area contributed by atoms with Gasteiger partial charge in [-0.25, -0.2) is 10.3 Å². The molecule has 0 aromatic heterocycles. The van der Waals surface area contributed by atoms with Gasteiger partial charge in [-0.15, -0.1) is 0 Å². The average Bonchev–Trinajstić information content (AvgIpc) is 2.80. The van der Waals surface area contributed by atoms with Crippen LogP contribution in [0.3, 0.4) is 0 Å². The minimum atomic E-state index is -1.08. The third-order valence-corrected chi connectivity index (χ3v) is 4.51. The summed E-state index contributed by atoms with van der Waals surface area (Å²) in [7, 11) is 1.40. The normalized spacial score (nSPS) is 12.6. The van der Waals surface area contributed by atoms with Gasteiger partial charge in [-0.05, 0) is 61.9 Å². The number of benzene rings is 2. The van der Waals surface area contributed by atoms with Crippen LogP contribution in [0.4, 0.5) is 10.5 Å². The highest BCUT2D eigenvalue weighted by atomic mass is 16.6. The van der Waals surface area contributed by atoms with Crippen molar-refractivity contribution in [1.82, 2.24) is 5.48 Å². The number of rotatable bonds is 10. The Kier molecular flexibility index (Phi) is 9.40. The van der Waals surface area contributed by atoms with Gasteiger partial charge in [-0.1, -0.05) is 6.07 Å². The summed E-state index contributed by atoms with van der Waals surface area (Å²) in [5.41, 5.74) is 2.72. The van der Waals surface area contributed by atoms with Gasteiger partial charge >= 0.3 is 6.09 Å². The molecule has 0 saturated carbocycles. The molecule has 0 heterocycles. The molecule has 176 valence electrons. The van der Waals surface area contributed by atoms with Gasteiger partial charge in [-0.2, -0.15) is 0 Å². The van der Waals surface area contributed by atoms with Crippen LogP contribution >= 0.6 is 0 Å². The molecule has 2 amide bonds. The van der Waals surface area contributed by atoms with Crippen molar-refractivity contribution in [3.63, 3.8) is 0 Å². The van der Waals surface area contributed by atoms with Gasteiger partial charge in [-0.3, -0.25) is 20.1 Å². The van der Waals surface area contributed by atoms with Crippen molar-refractivity contribution in [3.05, 3.63) is 65.7 Å². The lowest BCUT2D eigenvalue weighted by Crippen LogP contribution is -2.28. The Balaban J connectivity index is 2.32. The van der Waals surface area contributed by atoms with E-state index in [0.717, 1.165) is 6.08 Å². The maximum absolute atomic E-state index is 12.6. The third kappa shape index (κ3) is 7.34. The summed E-state index contributed by atoms with van der Waals surface area (Å²) in [4.78, 5) is 35.5. The topological polar surface area (TPSA) is 143 Å². The van der Waals surface area contributed by atoms with Crippen LogP contribution in [-0.4, -0.2) is 47.9 Å². The number of ketones is 1. The lowest BCUT2D eigenvalue weighted by molar-refractivity contribution is -0.124. The quantitative estimate of drug-likeness (QED) is 0.184. The van der Waals surface area contributed by atoms with Crippen molar-refractivity contribution in [3.8, 4) is 11.5 Å². The van der Waals surface area contributed by atoms with Gasteiger partial charge in [0.1, 0.15) is 6.10 Å². The molecule has 2 aromatic rings. The maximum atomic E-state index is 12.6. The monoisotopic (exact) mass is 458 g/mol. The van der Waals surface area contributed by atoms with E-state index in [-0.39, 0.29) is 23.9 Å². The van der Waals surface area contributed by atoms with Crippen LogP contribution in [0.1, 0.15) is 35.9 Å². The molecule has 2 atom stereocenters. The van der Waals surface area contributed by atoms with Crippen molar-refractivity contribution in [1.29, 1.82) is 0 Å². The molecular weight excluding hydrogens is 432 g/mol. The molecule has 4 N–H and O–H groups in total. The summed E-state index contributed by atoms with van der Waals surface area (Å²) < 4.78 is 16.3. The van der Waals surface area contributed by atoms with E-state index in [1.165, 1.54) is 37.7 Å². The number of anilines is 1. The van der Waals surface area contributed by atoms with Crippen LogP contribution in [0.2, 0.25) is 0 Å². The molecule has 0 bridgehead atoms. The molecule has 0 unspecified atom stereocenters. The Morgan fingerprint density at radius 2 is 1.82 bits per heavy atom. The Labute approximate surface area is 190 Å². The van der Waals surface area contributed by atoms with Crippen molar-refractivity contribution >= 4 is 23.5 Å². The first-order valence-corrected chi connectivity index (χ1v) is 9.98. The second-order valence-electron chi connectivity index (χ2n) is 6.77. The molecule has 0 aliphatic heterocycles. The molecule has 0 aliphatic rings. The Morgan fingerprint density at radius 3 is 2.36 bits per heavy atom. The predicted molar refractivity (Wildman–Crippen MR) is 118 cm³/mol. The number of hydroxylamine groups is 1. The fourth-order valence-electron chi connectivity index (χ4n) is 2.92. The third-order valence-electron chi connectivity index (χ3n) is 4.51. The van der Waals surface area contributed by atoms with Gasteiger partial charge in [0.05, 0.1) is 7.11 Å². The largest absolute Gasteiger partial charge is 0.504 e. The zero-order valence-electron chi connectivity index (χ0n) is 18.4. The minimum Gasteiger partial charge on any atom is -0.504 e. The zero-order chi connectivity index (χ0) is 24.4. The Hall–Kier alpha value is -3.89. The summed E-state index contributed by atoms with van der Waals surface area (Å²) in [5, 5.41) is 21.5. The van der Waals surface area contributed by atoms with Gasteiger partial charge in [0, 0.05) is 23.9 Å². The van der Waals surface area contributed by atoms with E-state index in [1.807, 2.05) is 0 Å². The number of hydrogen-bond acceptors (Lipinski definition) is 8. The molecule has 0 saturated heterocycles. The van der Waals surface area contributed by atoms with E-state index in [9.17, 15) is 19.5 Å². The van der Waals surface area contributed by atoms with Crippen LogP contribution in [-0.2, 0) is 14.3 Å². The van der Waals surface area contributed by atoms with E-state index in [1.54, 1.807) is 37.3 Å². The summed E-state index contributed by atoms with van der Waals surface area (Å²) in [6, 6.07) is 10.7. The Morgan fingerprint density at radius 1 is 1.12 bits per heavy atom. The number of phenols is 1. The van der Waals surface area contributed by atoms with E-state index in [2.05, 4.69) is 5.32 Å². The van der Waals surface area contributed by atoms with Crippen LogP contribution < -0.4 is 15.5 Å². The lowest BCUT2D eigenvalue weighted by Gasteiger charge is -2.25. The van der Waals surface area contributed by atoms with Crippen LogP contribution in [0.25, 0.3) is 0 Å². The van der Waals surface area contributed by atoms with E-state index >= 15 is 0 Å². The van der Waals surface area contributed by atoms with E-state index < -0.39 is 24.2 Å². The summed E-state index contributed by atoms with van der Waals surface area (Å²) in [6.07, 6.45) is -0.517. The smallest absolute Gasteiger partial charge is 0.412 e. The molecule has 0 radical (unpaired) electrons. The maximum Gasteiger partial charge on any atom is 0.412 e. The fraction of sp³-hybridized carbons (Fsp3) is 0.261. The highest BCUT2D eigenvalue weighted by Crippen LogP contribution is 2.33. The molecule has 0 aliphatic carbocycles. The van der Waals surface area contributed by atoms with Crippen LogP contribution in [0, 0.1) is 0 Å². The predicted octanol–water partition coefficient (Wildman–Crippen LogP) is 3.36. The number of aromatic hydroxyl groups is 1. The number of amides is 2. The SMILES string of the molecule is CCO[C@H](/C=C/C(=O)NO)[C@H](OC(=O)Nc1ccc(C(C)=O)cc1)c1ccc(OC)c(O)c1. The number of hydrogen-bond donors (Lipinski definition) is 4. The number of methoxy groups -OCH3 is 1. The van der Waals surface area contributed by atoms with Crippen molar-refractivity contribution in [2.45, 2.75) is 26.1 Å². The lowest BCUT2D eigenvalue weighted by atomic mass is 10.0. The first kappa shape index (κ1) is 25.4. The summed E-state index contributed by atoms with van der Waals surface area (Å²) in [5.74, 6) is -0.875. The zero-order valence-corrected chi connectivity index (χ0v) is 18.4.